The molecule has 0 spiro atoms. The van der Waals surface area contributed by atoms with Gasteiger partial charge in [0, 0.05) is 5.71 Å². The molecule has 0 N–H and O–H groups in total. The van der Waals surface area contributed by atoms with Crippen molar-refractivity contribution in [1.82, 2.24) is 0 Å². The Bertz CT molecular complexity index is 157. The third kappa shape index (κ3) is 7.03. The first-order valence-electron chi connectivity index (χ1n) is 3.69. The molecule has 0 rings (SSSR count). The number of carbonyl (C=O) groups is 1. The quantitative estimate of drug-likeness (QED) is 0.459. The molecule has 0 aliphatic rings. The first kappa shape index (κ1) is 10.1. The van der Waals surface area contributed by atoms with E-state index in [1.807, 2.05) is 27.7 Å². The maximum absolute atomic E-state index is 10.8. The van der Waals surface area contributed by atoms with Crippen molar-refractivity contribution in [3.8, 4) is 0 Å². The van der Waals surface area contributed by atoms with Crippen LogP contribution in [0.15, 0.2) is 4.99 Å². The van der Waals surface area contributed by atoms with E-state index in [1.54, 1.807) is 0 Å². The van der Waals surface area contributed by atoms with E-state index in [0.717, 1.165) is 5.71 Å². The number of aliphatic imine (C=N–C) groups is 1. The van der Waals surface area contributed by atoms with E-state index in [-0.39, 0.29) is 18.6 Å². The molecule has 0 atom stereocenters. The van der Waals surface area contributed by atoms with E-state index >= 15 is 0 Å². The fraction of sp³-hybridized carbons (Fsp3) is 0.750. The summed E-state index contributed by atoms with van der Waals surface area (Å²) in [7, 11) is 0. The second kappa shape index (κ2) is 4.88. The molecule has 0 aromatic heterocycles. The van der Waals surface area contributed by atoms with Crippen LogP contribution in [-0.4, -0.2) is 24.3 Å². The SMILES string of the molecule is CC(C)=NCC(=O)OC(C)C. The molecule has 0 bridgehead atoms. The number of rotatable bonds is 3. The Balaban J connectivity index is 3.62. The van der Waals surface area contributed by atoms with Crippen molar-refractivity contribution in [3.63, 3.8) is 0 Å². The Morgan fingerprint density at radius 1 is 1.45 bits per heavy atom. The molecule has 0 aromatic carbocycles. The maximum atomic E-state index is 10.8. The van der Waals surface area contributed by atoms with Gasteiger partial charge >= 0.3 is 5.97 Å². The molecule has 0 amide bonds. The van der Waals surface area contributed by atoms with Crippen LogP contribution in [0, 0.1) is 0 Å². The van der Waals surface area contributed by atoms with Gasteiger partial charge in [0.1, 0.15) is 6.54 Å². The van der Waals surface area contributed by atoms with Gasteiger partial charge in [0.2, 0.25) is 0 Å². The summed E-state index contributed by atoms with van der Waals surface area (Å²) in [5, 5.41) is 0. The van der Waals surface area contributed by atoms with Gasteiger partial charge in [0.25, 0.3) is 0 Å². The van der Waals surface area contributed by atoms with Crippen molar-refractivity contribution < 1.29 is 9.53 Å². The molecule has 64 valence electrons. The van der Waals surface area contributed by atoms with Gasteiger partial charge in [-0.15, -0.1) is 0 Å². The highest BCUT2D eigenvalue weighted by Crippen LogP contribution is 1.89. The molecule has 0 saturated heterocycles. The molecule has 11 heavy (non-hydrogen) atoms. The lowest BCUT2D eigenvalue weighted by atomic mass is 10.4. The van der Waals surface area contributed by atoms with Gasteiger partial charge in [-0.25, -0.2) is 0 Å². The zero-order valence-electron chi connectivity index (χ0n) is 7.55. The summed E-state index contributed by atoms with van der Waals surface area (Å²) in [6.45, 7) is 7.48. The van der Waals surface area contributed by atoms with Crippen molar-refractivity contribution >= 4 is 11.7 Å². The average molecular weight is 157 g/mol. The first-order valence-corrected chi connectivity index (χ1v) is 3.69. The number of hydrogen-bond donors (Lipinski definition) is 0. The molecular weight excluding hydrogens is 142 g/mol. The summed E-state index contributed by atoms with van der Waals surface area (Å²) in [6, 6.07) is 0. The fourth-order valence-corrected chi connectivity index (χ4v) is 0.523. The maximum Gasteiger partial charge on any atom is 0.327 e. The topological polar surface area (TPSA) is 38.7 Å². The highest BCUT2D eigenvalue weighted by molar-refractivity contribution is 5.82. The summed E-state index contributed by atoms with van der Waals surface area (Å²) >= 11 is 0. The number of nitrogens with zero attached hydrogens (tertiary/aromatic N) is 1. The van der Waals surface area contributed by atoms with E-state index in [1.165, 1.54) is 0 Å². The van der Waals surface area contributed by atoms with E-state index in [0.29, 0.717) is 0 Å². The van der Waals surface area contributed by atoms with Crippen LogP contribution in [-0.2, 0) is 9.53 Å². The van der Waals surface area contributed by atoms with Crippen LogP contribution in [0.3, 0.4) is 0 Å². The molecule has 0 aliphatic carbocycles. The second-order valence-corrected chi connectivity index (χ2v) is 2.80. The molecule has 3 heteroatoms. The predicted octanol–water partition coefficient (Wildman–Crippen LogP) is 1.42. The molecule has 0 fully saturated rings. The van der Waals surface area contributed by atoms with Gasteiger partial charge in [-0.2, -0.15) is 0 Å². The monoisotopic (exact) mass is 157 g/mol. The van der Waals surface area contributed by atoms with E-state index < -0.39 is 0 Å². The number of ether oxygens (including phenoxy) is 1. The molecule has 0 aliphatic heterocycles. The Labute approximate surface area is 67.5 Å². The minimum absolute atomic E-state index is 0.0464. The van der Waals surface area contributed by atoms with Crippen LogP contribution in [0.2, 0.25) is 0 Å². The van der Waals surface area contributed by atoms with E-state index in [2.05, 4.69) is 4.99 Å². The van der Waals surface area contributed by atoms with Crippen molar-refractivity contribution in [3.05, 3.63) is 0 Å². The third-order valence-corrected chi connectivity index (χ3v) is 0.892. The van der Waals surface area contributed by atoms with Gasteiger partial charge in [0.05, 0.1) is 6.10 Å². The van der Waals surface area contributed by atoms with Crippen LogP contribution in [0.1, 0.15) is 27.7 Å². The lowest BCUT2D eigenvalue weighted by molar-refractivity contribution is -0.145. The van der Waals surface area contributed by atoms with Crippen LogP contribution in [0.25, 0.3) is 0 Å². The third-order valence-electron chi connectivity index (χ3n) is 0.892. The van der Waals surface area contributed by atoms with E-state index in [9.17, 15) is 4.79 Å². The van der Waals surface area contributed by atoms with Crippen LogP contribution < -0.4 is 0 Å². The van der Waals surface area contributed by atoms with Crippen LogP contribution in [0.5, 0.6) is 0 Å². The van der Waals surface area contributed by atoms with Crippen LogP contribution >= 0.6 is 0 Å². The molecule has 0 saturated carbocycles. The minimum Gasteiger partial charge on any atom is -0.462 e. The van der Waals surface area contributed by atoms with Crippen molar-refractivity contribution in [1.29, 1.82) is 0 Å². The smallest absolute Gasteiger partial charge is 0.327 e. The Morgan fingerprint density at radius 3 is 2.36 bits per heavy atom. The lowest BCUT2D eigenvalue weighted by Crippen LogP contribution is -2.14. The fourth-order valence-electron chi connectivity index (χ4n) is 0.523. The summed E-state index contributed by atoms with van der Waals surface area (Å²) in [6.07, 6.45) is -0.0464. The normalized spacial score (nSPS) is 9.55. The van der Waals surface area contributed by atoms with Gasteiger partial charge in [0.15, 0.2) is 0 Å². The van der Waals surface area contributed by atoms with Crippen LogP contribution in [0.4, 0.5) is 0 Å². The Morgan fingerprint density at radius 2 is 2.00 bits per heavy atom. The molecular formula is C8H15NO2. The summed E-state index contributed by atoms with van der Waals surface area (Å²) in [4.78, 5) is 14.7. The van der Waals surface area contributed by atoms with E-state index in [4.69, 9.17) is 4.74 Å². The van der Waals surface area contributed by atoms with Gasteiger partial charge in [-0.1, -0.05) is 0 Å². The summed E-state index contributed by atoms with van der Waals surface area (Å²) in [5.41, 5.74) is 0.894. The number of carbonyl (C=O) groups excluding carboxylic acids is 1. The number of esters is 1. The van der Waals surface area contributed by atoms with Gasteiger partial charge in [-0.05, 0) is 27.7 Å². The van der Waals surface area contributed by atoms with Gasteiger partial charge < -0.3 is 4.74 Å². The average Bonchev–Trinajstić information content (AvgIpc) is 1.82. The summed E-state index contributed by atoms with van der Waals surface area (Å²) in [5.74, 6) is -0.263. The standard InChI is InChI=1S/C8H15NO2/c1-6(2)9-5-8(10)11-7(3)4/h7H,5H2,1-4H3. The molecule has 3 nitrogen and oxygen atoms in total. The van der Waals surface area contributed by atoms with Gasteiger partial charge in [-0.3, -0.25) is 9.79 Å². The predicted molar refractivity (Wildman–Crippen MR) is 44.9 cm³/mol. The molecule has 0 radical (unpaired) electrons. The number of hydrogen-bond acceptors (Lipinski definition) is 3. The Kier molecular flexibility index (Phi) is 4.50. The molecule has 0 aromatic rings. The first-order chi connectivity index (χ1) is 5.02. The van der Waals surface area contributed by atoms with Crippen molar-refractivity contribution in [2.75, 3.05) is 6.54 Å². The Hall–Kier alpha value is -0.860. The highest BCUT2D eigenvalue weighted by Gasteiger charge is 2.02. The largest absolute Gasteiger partial charge is 0.462 e. The van der Waals surface area contributed by atoms with Crippen molar-refractivity contribution in [2.24, 2.45) is 4.99 Å². The highest BCUT2D eigenvalue weighted by atomic mass is 16.5. The zero-order chi connectivity index (χ0) is 8.85. The lowest BCUT2D eigenvalue weighted by Gasteiger charge is -2.05. The van der Waals surface area contributed by atoms with Crippen molar-refractivity contribution in [2.45, 2.75) is 33.8 Å². The molecule has 0 unspecified atom stereocenters. The second-order valence-electron chi connectivity index (χ2n) is 2.80. The summed E-state index contributed by atoms with van der Waals surface area (Å²) < 4.78 is 4.85. The zero-order valence-corrected chi connectivity index (χ0v) is 7.55. The minimum atomic E-state index is -0.263. The molecule has 0 heterocycles.